The summed E-state index contributed by atoms with van der Waals surface area (Å²) in [7, 11) is 0. The molecule has 1 rings (SSSR count). The molecule has 1 saturated carbocycles. The van der Waals surface area contributed by atoms with E-state index < -0.39 is 0 Å². The third kappa shape index (κ3) is 4.27. The summed E-state index contributed by atoms with van der Waals surface area (Å²) in [5.74, 6) is 0.0135. The molecule has 13 heavy (non-hydrogen) atoms. The van der Waals surface area contributed by atoms with Crippen LogP contribution in [0.3, 0.4) is 0 Å². The van der Waals surface area contributed by atoms with E-state index in [1.807, 2.05) is 20.8 Å². The van der Waals surface area contributed by atoms with Gasteiger partial charge in [-0.15, -0.1) is 0 Å². The van der Waals surface area contributed by atoms with Crippen molar-refractivity contribution in [3.63, 3.8) is 0 Å². The average molecular weight is 185 g/mol. The number of amides is 1. The fourth-order valence-electron chi connectivity index (χ4n) is 1.10. The SMILES string of the molecule is CC(C)(C)OCC(=O)NC1CCC1. The Hall–Kier alpha value is -0.570. The maximum absolute atomic E-state index is 11.3. The van der Waals surface area contributed by atoms with Crippen LogP contribution in [0.4, 0.5) is 0 Å². The highest BCUT2D eigenvalue weighted by Gasteiger charge is 2.20. The van der Waals surface area contributed by atoms with Crippen LogP contribution in [0.1, 0.15) is 40.0 Å². The highest BCUT2D eigenvalue weighted by Crippen LogP contribution is 2.17. The standard InChI is InChI=1S/C10H19NO2/c1-10(2,3)13-7-9(12)11-8-5-4-6-8/h8H,4-7H2,1-3H3,(H,11,12). The molecule has 1 aliphatic rings. The molecule has 3 heteroatoms. The van der Waals surface area contributed by atoms with Gasteiger partial charge in [0, 0.05) is 6.04 Å². The Kier molecular flexibility index (Phi) is 3.31. The summed E-state index contributed by atoms with van der Waals surface area (Å²) in [4.78, 5) is 11.3. The Morgan fingerprint density at radius 1 is 1.46 bits per heavy atom. The zero-order valence-corrected chi connectivity index (χ0v) is 8.72. The molecule has 0 spiro atoms. The van der Waals surface area contributed by atoms with E-state index >= 15 is 0 Å². The normalized spacial score (nSPS) is 18.1. The van der Waals surface area contributed by atoms with Gasteiger partial charge in [0.2, 0.25) is 5.91 Å². The molecule has 1 N–H and O–H groups in total. The molecule has 0 aliphatic heterocycles. The highest BCUT2D eigenvalue weighted by atomic mass is 16.5. The first-order valence-corrected chi connectivity index (χ1v) is 4.91. The molecule has 1 aliphatic carbocycles. The van der Waals surface area contributed by atoms with Crippen molar-refractivity contribution in [1.29, 1.82) is 0 Å². The quantitative estimate of drug-likeness (QED) is 0.723. The van der Waals surface area contributed by atoms with Crippen LogP contribution in [-0.4, -0.2) is 24.2 Å². The number of hydrogen-bond acceptors (Lipinski definition) is 2. The van der Waals surface area contributed by atoms with Crippen LogP contribution >= 0.6 is 0 Å². The largest absolute Gasteiger partial charge is 0.366 e. The third-order valence-electron chi connectivity index (χ3n) is 2.11. The third-order valence-corrected chi connectivity index (χ3v) is 2.11. The van der Waals surface area contributed by atoms with Crippen molar-refractivity contribution in [3.8, 4) is 0 Å². The first-order valence-electron chi connectivity index (χ1n) is 4.91. The Labute approximate surface area is 79.8 Å². The van der Waals surface area contributed by atoms with Gasteiger partial charge in [-0.25, -0.2) is 0 Å². The van der Waals surface area contributed by atoms with Crippen LogP contribution < -0.4 is 5.32 Å². The summed E-state index contributed by atoms with van der Waals surface area (Å²) in [6.07, 6.45) is 3.49. The first-order chi connectivity index (χ1) is 5.97. The van der Waals surface area contributed by atoms with Gasteiger partial charge in [0.25, 0.3) is 0 Å². The Bertz CT molecular complexity index is 180. The molecule has 0 atom stereocenters. The minimum Gasteiger partial charge on any atom is -0.366 e. The van der Waals surface area contributed by atoms with Crippen LogP contribution in [0.15, 0.2) is 0 Å². The minimum absolute atomic E-state index is 0.0135. The second kappa shape index (κ2) is 4.09. The summed E-state index contributed by atoms with van der Waals surface area (Å²) < 4.78 is 5.35. The molecule has 76 valence electrons. The van der Waals surface area contributed by atoms with Crippen molar-refractivity contribution in [2.75, 3.05) is 6.61 Å². The highest BCUT2D eigenvalue weighted by molar-refractivity contribution is 5.77. The van der Waals surface area contributed by atoms with Gasteiger partial charge in [0.1, 0.15) is 6.61 Å². The van der Waals surface area contributed by atoms with Crippen molar-refractivity contribution in [1.82, 2.24) is 5.32 Å². The van der Waals surface area contributed by atoms with Gasteiger partial charge in [-0.3, -0.25) is 4.79 Å². The predicted molar refractivity (Wildman–Crippen MR) is 51.5 cm³/mol. The molecule has 0 saturated heterocycles. The van der Waals surface area contributed by atoms with Gasteiger partial charge in [-0.05, 0) is 40.0 Å². The van der Waals surface area contributed by atoms with Crippen molar-refractivity contribution in [2.24, 2.45) is 0 Å². The molecular formula is C10H19NO2. The molecule has 1 fully saturated rings. The maximum atomic E-state index is 11.3. The summed E-state index contributed by atoms with van der Waals surface area (Å²) in [5, 5.41) is 2.92. The van der Waals surface area contributed by atoms with E-state index in [1.165, 1.54) is 6.42 Å². The van der Waals surface area contributed by atoms with Crippen LogP contribution in [0.5, 0.6) is 0 Å². The fourth-order valence-corrected chi connectivity index (χ4v) is 1.10. The molecule has 1 amide bonds. The summed E-state index contributed by atoms with van der Waals surface area (Å²) >= 11 is 0. The number of hydrogen-bond donors (Lipinski definition) is 1. The summed E-state index contributed by atoms with van der Waals surface area (Å²) in [6.45, 7) is 6.02. The van der Waals surface area contributed by atoms with Crippen molar-refractivity contribution in [2.45, 2.75) is 51.7 Å². The smallest absolute Gasteiger partial charge is 0.246 e. The minimum atomic E-state index is -0.225. The molecule has 0 heterocycles. The molecular weight excluding hydrogens is 166 g/mol. The Morgan fingerprint density at radius 3 is 2.46 bits per heavy atom. The fraction of sp³-hybridized carbons (Fsp3) is 0.900. The van der Waals surface area contributed by atoms with Crippen molar-refractivity contribution in [3.05, 3.63) is 0 Å². The number of carbonyl (C=O) groups is 1. The second-order valence-corrected chi connectivity index (χ2v) is 4.60. The van der Waals surface area contributed by atoms with Gasteiger partial charge in [0.05, 0.1) is 5.60 Å². The number of nitrogens with one attached hydrogen (secondary N) is 1. The van der Waals surface area contributed by atoms with E-state index in [1.54, 1.807) is 0 Å². The average Bonchev–Trinajstić information content (AvgIpc) is 1.91. The van der Waals surface area contributed by atoms with Gasteiger partial charge < -0.3 is 10.1 Å². The lowest BCUT2D eigenvalue weighted by atomic mass is 9.93. The Morgan fingerprint density at radius 2 is 2.08 bits per heavy atom. The van der Waals surface area contributed by atoms with Crippen LogP contribution in [0, 0.1) is 0 Å². The topological polar surface area (TPSA) is 38.3 Å². The van der Waals surface area contributed by atoms with Gasteiger partial charge in [-0.1, -0.05) is 0 Å². The van der Waals surface area contributed by atoms with Crippen LogP contribution in [-0.2, 0) is 9.53 Å². The van der Waals surface area contributed by atoms with Gasteiger partial charge in [-0.2, -0.15) is 0 Å². The maximum Gasteiger partial charge on any atom is 0.246 e. The van der Waals surface area contributed by atoms with Crippen LogP contribution in [0.2, 0.25) is 0 Å². The molecule has 0 unspecified atom stereocenters. The summed E-state index contributed by atoms with van der Waals surface area (Å²) in [5.41, 5.74) is -0.225. The lowest BCUT2D eigenvalue weighted by Gasteiger charge is -2.27. The number of ether oxygens (including phenoxy) is 1. The molecule has 0 aromatic rings. The summed E-state index contributed by atoms with van der Waals surface area (Å²) in [6, 6.07) is 0.413. The van der Waals surface area contributed by atoms with E-state index in [9.17, 15) is 4.79 Å². The molecule has 0 radical (unpaired) electrons. The molecule has 0 aromatic heterocycles. The van der Waals surface area contributed by atoms with E-state index in [0.29, 0.717) is 6.04 Å². The molecule has 0 bridgehead atoms. The molecule has 3 nitrogen and oxygen atoms in total. The Balaban J connectivity index is 2.10. The van der Waals surface area contributed by atoms with E-state index in [0.717, 1.165) is 12.8 Å². The second-order valence-electron chi connectivity index (χ2n) is 4.60. The zero-order chi connectivity index (χ0) is 9.90. The van der Waals surface area contributed by atoms with Crippen LogP contribution in [0.25, 0.3) is 0 Å². The van der Waals surface area contributed by atoms with E-state index in [-0.39, 0.29) is 18.1 Å². The lowest BCUT2D eigenvalue weighted by molar-refractivity contribution is -0.131. The van der Waals surface area contributed by atoms with E-state index in [2.05, 4.69) is 5.32 Å². The van der Waals surface area contributed by atoms with Crippen molar-refractivity contribution >= 4 is 5.91 Å². The lowest BCUT2D eigenvalue weighted by Crippen LogP contribution is -2.42. The number of carbonyl (C=O) groups excluding carboxylic acids is 1. The zero-order valence-electron chi connectivity index (χ0n) is 8.72. The van der Waals surface area contributed by atoms with Gasteiger partial charge in [0.15, 0.2) is 0 Å². The predicted octanol–water partition coefficient (Wildman–Crippen LogP) is 1.47. The number of rotatable bonds is 3. The van der Waals surface area contributed by atoms with Crippen molar-refractivity contribution < 1.29 is 9.53 Å². The van der Waals surface area contributed by atoms with Gasteiger partial charge >= 0.3 is 0 Å². The first kappa shape index (κ1) is 10.5. The monoisotopic (exact) mass is 185 g/mol. The molecule has 0 aromatic carbocycles. The van der Waals surface area contributed by atoms with E-state index in [4.69, 9.17) is 4.74 Å².